The van der Waals surface area contributed by atoms with Gasteiger partial charge in [0, 0.05) is 28.2 Å². The van der Waals surface area contributed by atoms with E-state index in [1.165, 1.54) is 11.3 Å². The molecule has 94 valence electrons. The van der Waals surface area contributed by atoms with Crippen LogP contribution in [0.4, 0.5) is 5.69 Å². The van der Waals surface area contributed by atoms with E-state index in [9.17, 15) is 4.79 Å². The van der Waals surface area contributed by atoms with Gasteiger partial charge in [0.15, 0.2) is 0 Å². The SMILES string of the molecule is C=CCN(C)C(=O)c1sc2ccc(Br)cc2c1N. The van der Waals surface area contributed by atoms with E-state index in [2.05, 4.69) is 22.5 Å². The highest BCUT2D eigenvalue weighted by molar-refractivity contribution is 9.10. The Morgan fingerprint density at radius 2 is 2.33 bits per heavy atom. The van der Waals surface area contributed by atoms with E-state index in [4.69, 9.17) is 5.73 Å². The quantitative estimate of drug-likeness (QED) is 0.878. The maximum Gasteiger partial charge on any atom is 0.266 e. The standard InChI is InChI=1S/C13H13BrN2OS/c1-3-6-16(2)13(17)12-11(15)9-7-8(14)4-5-10(9)18-12/h3-5,7H,1,6,15H2,2H3. The van der Waals surface area contributed by atoms with Crippen molar-refractivity contribution in [3.05, 3.63) is 40.2 Å². The summed E-state index contributed by atoms with van der Waals surface area (Å²) in [6, 6.07) is 5.84. The highest BCUT2D eigenvalue weighted by atomic mass is 79.9. The van der Waals surface area contributed by atoms with E-state index in [-0.39, 0.29) is 5.91 Å². The molecular weight excluding hydrogens is 312 g/mol. The third-order valence-corrected chi connectivity index (χ3v) is 4.30. The first-order chi connectivity index (χ1) is 8.54. The van der Waals surface area contributed by atoms with Crippen LogP contribution < -0.4 is 5.73 Å². The monoisotopic (exact) mass is 324 g/mol. The largest absolute Gasteiger partial charge is 0.397 e. The lowest BCUT2D eigenvalue weighted by Crippen LogP contribution is -2.26. The summed E-state index contributed by atoms with van der Waals surface area (Å²) in [4.78, 5) is 14.4. The fourth-order valence-corrected chi connectivity index (χ4v) is 3.16. The molecule has 1 heterocycles. The number of thiophene rings is 1. The first kappa shape index (κ1) is 13.1. The van der Waals surface area contributed by atoms with Gasteiger partial charge >= 0.3 is 0 Å². The Morgan fingerprint density at radius 1 is 1.61 bits per heavy atom. The number of carbonyl (C=O) groups is 1. The number of likely N-dealkylation sites (N-methyl/N-ethyl adjacent to an activating group) is 1. The molecule has 0 aliphatic heterocycles. The van der Waals surface area contributed by atoms with Gasteiger partial charge < -0.3 is 10.6 Å². The van der Waals surface area contributed by atoms with E-state index < -0.39 is 0 Å². The number of amides is 1. The van der Waals surface area contributed by atoms with Crippen LogP contribution in [0.3, 0.4) is 0 Å². The third-order valence-electron chi connectivity index (χ3n) is 2.63. The van der Waals surface area contributed by atoms with Gasteiger partial charge in [-0.05, 0) is 18.2 Å². The lowest BCUT2D eigenvalue weighted by Gasteiger charge is -2.13. The fraction of sp³-hybridized carbons (Fsp3) is 0.154. The van der Waals surface area contributed by atoms with Crippen LogP contribution in [-0.2, 0) is 0 Å². The summed E-state index contributed by atoms with van der Waals surface area (Å²) < 4.78 is 1.98. The van der Waals surface area contributed by atoms with Gasteiger partial charge in [0.25, 0.3) is 5.91 Å². The van der Waals surface area contributed by atoms with Crippen molar-refractivity contribution in [2.75, 3.05) is 19.3 Å². The number of rotatable bonds is 3. The van der Waals surface area contributed by atoms with Crippen molar-refractivity contribution in [1.29, 1.82) is 0 Å². The number of nitrogens with zero attached hydrogens (tertiary/aromatic N) is 1. The Kier molecular flexibility index (Phi) is 3.73. The second-order valence-electron chi connectivity index (χ2n) is 3.96. The number of nitrogen functional groups attached to an aromatic ring is 1. The van der Waals surface area contributed by atoms with Crippen molar-refractivity contribution < 1.29 is 4.79 Å². The number of nitrogens with two attached hydrogens (primary N) is 1. The van der Waals surface area contributed by atoms with Crippen LogP contribution in [-0.4, -0.2) is 24.4 Å². The van der Waals surface area contributed by atoms with Gasteiger partial charge in [0.1, 0.15) is 4.88 Å². The number of benzene rings is 1. The molecule has 2 aromatic rings. The van der Waals surface area contributed by atoms with Crippen LogP contribution in [0.25, 0.3) is 10.1 Å². The lowest BCUT2D eigenvalue weighted by atomic mass is 10.2. The van der Waals surface area contributed by atoms with Crippen molar-refractivity contribution in [2.24, 2.45) is 0 Å². The summed E-state index contributed by atoms with van der Waals surface area (Å²) in [6.45, 7) is 4.14. The maximum absolute atomic E-state index is 12.2. The number of halogens is 1. The molecule has 3 nitrogen and oxygen atoms in total. The van der Waals surface area contributed by atoms with Crippen LogP contribution in [0.2, 0.25) is 0 Å². The fourth-order valence-electron chi connectivity index (χ4n) is 1.70. The smallest absolute Gasteiger partial charge is 0.266 e. The third kappa shape index (κ3) is 2.28. The normalized spacial score (nSPS) is 10.6. The molecule has 5 heteroatoms. The predicted octanol–water partition coefficient (Wildman–Crippen LogP) is 3.50. The Morgan fingerprint density at radius 3 is 3.00 bits per heavy atom. The zero-order valence-electron chi connectivity index (χ0n) is 9.94. The number of fused-ring (bicyclic) bond motifs is 1. The van der Waals surface area contributed by atoms with Crippen molar-refractivity contribution in [3.8, 4) is 0 Å². The molecule has 0 bridgehead atoms. The number of anilines is 1. The van der Waals surface area contributed by atoms with Gasteiger partial charge in [-0.15, -0.1) is 17.9 Å². The lowest BCUT2D eigenvalue weighted by molar-refractivity contribution is 0.0816. The number of hydrogen-bond acceptors (Lipinski definition) is 3. The molecule has 2 N–H and O–H groups in total. The zero-order chi connectivity index (χ0) is 13.3. The molecule has 1 aromatic carbocycles. The molecule has 18 heavy (non-hydrogen) atoms. The van der Waals surface area contributed by atoms with Gasteiger partial charge in [-0.3, -0.25) is 4.79 Å². The van der Waals surface area contributed by atoms with Crippen LogP contribution in [0.15, 0.2) is 35.3 Å². The maximum atomic E-state index is 12.2. The minimum Gasteiger partial charge on any atom is -0.397 e. The molecular formula is C13H13BrN2OS. The second-order valence-corrected chi connectivity index (χ2v) is 5.93. The summed E-state index contributed by atoms with van der Waals surface area (Å²) in [5.41, 5.74) is 6.61. The molecule has 1 amide bonds. The van der Waals surface area contributed by atoms with Crippen molar-refractivity contribution in [3.63, 3.8) is 0 Å². The highest BCUT2D eigenvalue weighted by Crippen LogP contribution is 2.35. The molecule has 0 aliphatic rings. The van der Waals surface area contributed by atoms with E-state index in [1.54, 1.807) is 18.0 Å². The van der Waals surface area contributed by atoms with E-state index >= 15 is 0 Å². The molecule has 0 saturated heterocycles. The Labute approximate surface area is 118 Å². The molecule has 0 atom stereocenters. The molecule has 0 saturated carbocycles. The van der Waals surface area contributed by atoms with Crippen molar-refractivity contribution in [2.45, 2.75) is 0 Å². The topological polar surface area (TPSA) is 46.3 Å². The number of hydrogen-bond donors (Lipinski definition) is 1. The van der Waals surface area contributed by atoms with Crippen LogP contribution >= 0.6 is 27.3 Å². The van der Waals surface area contributed by atoms with Gasteiger partial charge in [0.05, 0.1) is 5.69 Å². The summed E-state index contributed by atoms with van der Waals surface area (Å²) in [6.07, 6.45) is 1.69. The minimum absolute atomic E-state index is 0.0651. The summed E-state index contributed by atoms with van der Waals surface area (Å²) in [5.74, 6) is -0.0651. The van der Waals surface area contributed by atoms with Crippen molar-refractivity contribution in [1.82, 2.24) is 4.90 Å². The highest BCUT2D eigenvalue weighted by Gasteiger charge is 2.19. The molecule has 0 radical (unpaired) electrons. The minimum atomic E-state index is -0.0651. The molecule has 1 aromatic heterocycles. The van der Waals surface area contributed by atoms with Gasteiger partial charge in [-0.25, -0.2) is 0 Å². The van der Waals surface area contributed by atoms with Crippen LogP contribution in [0, 0.1) is 0 Å². The van der Waals surface area contributed by atoms with Crippen LogP contribution in [0.5, 0.6) is 0 Å². The molecule has 0 aliphatic carbocycles. The average Bonchev–Trinajstić information content (AvgIpc) is 2.66. The molecule has 0 spiro atoms. The number of carbonyl (C=O) groups excluding carboxylic acids is 1. The Hall–Kier alpha value is -1.33. The van der Waals surface area contributed by atoms with Gasteiger partial charge in [-0.2, -0.15) is 0 Å². The Bertz CT molecular complexity index is 621. The van der Waals surface area contributed by atoms with Crippen LogP contribution in [0.1, 0.15) is 9.67 Å². The van der Waals surface area contributed by atoms with E-state index in [0.29, 0.717) is 17.1 Å². The first-order valence-electron chi connectivity index (χ1n) is 5.38. The first-order valence-corrected chi connectivity index (χ1v) is 6.99. The second kappa shape index (κ2) is 5.12. The van der Waals surface area contributed by atoms with Gasteiger partial charge in [0.2, 0.25) is 0 Å². The zero-order valence-corrected chi connectivity index (χ0v) is 12.3. The van der Waals surface area contributed by atoms with Crippen molar-refractivity contribution >= 4 is 48.9 Å². The van der Waals surface area contributed by atoms with Gasteiger partial charge in [-0.1, -0.05) is 22.0 Å². The molecule has 0 fully saturated rings. The average molecular weight is 325 g/mol. The van der Waals surface area contributed by atoms with E-state index in [1.807, 2.05) is 18.2 Å². The molecule has 2 rings (SSSR count). The van der Waals surface area contributed by atoms with E-state index in [0.717, 1.165) is 14.6 Å². The summed E-state index contributed by atoms with van der Waals surface area (Å²) >= 11 is 4.83. The Balaban J connectivity index is 2.49. The molecule has 0 unspecified atom stereocenters. The summed E-state index contributed by atoms with van der Waals surface area (Å²) in [5, 5.41) is 0.921. The summed E-state index contributed by atoms with van der Waals surface area (Å²) in [7, 11) is 1.74. The predicted molar refractivity (Wildman–Crippen MR) is 81.1 cm³/mol.